The summed E-state index contributed by atoms with van der Waals surface area (Å²) in [7, 11) is 0. The second kappa shape index (κ2) is 7.66. The van der Waals surface area contributed by atoms with Crippen molar-refractivity contribution in [3.8, 4) is 16.3 Å². The number of halogens is 1. The molecule has 0 amide bonds. The summed E-state index contributed by atoms with van der Waals surface area (Å²) in [5.74, 6) is 0.316. The maximum atomic E-state index is 9.43. The Labute approximate surface area is 162 Å². The third-order valence-corrected chi connectivity index (χ3v) is 6.03. The van der Waals surface area contributed by atoms with Gasteiger partial charge in [0.05, 0.1) is 31.2 Å². The smallest absolute Gasteiger partial charge is 0.125 e. The summed E-state index contributed by atoms with van der Waals surface area (Å²) in [5.41, 5.74) is 3.33. The minimum absolute atomic E-state index is 0.316. The summed E-state index contributed by atoms with van der Waals surface area (Å²) in [4.78, 5) is 8.72. The lowest BCUT2D eigenvalue weighted by molar-refractivity contribution is -0.914. The number of anilines is 1. The number of hydrogen-bond acceptors (Lipinski definition) is 4. The minimum Gasteiger partial charge on any atom is -0.508 e. The van der Waals surface area contributed by atoms with Crippen LogP contribution in [0.15, 0.2) is 53.9 Å². The summed E-state index contributed by atoms with van der Waals surface area (Å²) in [6, 6.07) is 15.3. The van der Waals surface area contributed by atoms with E-state index in [0.29, 0.717) is 5.75 Å². The number of quaternary nitrogens is 1. The molecule has 1 aromatic heterocycles. The lowest BCUT2D eigenvalue weighted by Gasteiger charge is -2.33. The molecule has 134 valence electrons. The molecular formula is C20H21ClN3OS+. The maximum absolute atomic E-state index is 9.43. The fourth-order valence-electron chi connectivity index (χ4n) is 3.32. The third-order valence-electron chi connectivity index (χ3n) is 4.77. The van der Waals surface area contributed by atoms with Gasteiger partial charge < -0.3 is 14.9 Å². The molecule has 0 bridgehead atoms. The van der Waals surface area contributed by atoms with Gasteiger partial charge in [-0.25, -0.2) is 4.98 Å². The molecular weight excluding hydrogens is 366 g/mol. The first-order valence-electron chi connectivity index (χ1n) is 8.76. The second-order valence-corrected chi connectivity index (χ2v) is 7.82. The zero-order valence-electron chi connectivity index (χ0n) is 14.4. The molecule has 1 saturated heterocycles. The topological polar surface area (TPSA) is 40.8 Å². The van der Waals surface area contributed by atoms with E-state index < -0.39 is 0 Å². The fraction of sp³-hybridized carbons (Fsp3) is 0.250. The number of nitrogens with one attached hydrogen (secondary N) is 1. The van der Waals surface area contributed by atoms with Crippen molar-refractivity contribution in [2.24, 2.45) is 0 Å². The van der Waals surface area contributed by atoms with E-state index in [2.05, 4.69) is 10.3 Å². The van der Waals surface area contributed by atoms with Crippen molar-refractivity contribution >= 4 is 28.6 Å². The van der Waals surface area contributed by atoms with Crippen molar-refractivity contribution in [2.75, 3.05) is 31.1 Å². The maximum Gasteiger partial charge on any atom is 0.125 e. The fourth-order valence-corrected chi connectivity index (χ4v) is 4.46. The highest BCUT2D eigenvalue weighted by Crippen LogP contribution is 2.29. The predicted molar refractivity (Wildman–Crippen MR) is 107 cm³/mol. The van der Waals surface area contributed by atoms with E-state index in [0.717, 1.165) is 54.0 Å². The van der Waals surface area contributed by atoms with Gasteiger partial charge in [-0.3, -0.25) is 0 Å². The number of benzene rings is 2. The van der Waals surface area contributed by atoms with Gasteiger partial charge in [-0.05, 0) is 30.3 Å². The van der Waals surface area contributed by atoms with Crippen LogP contribution in [0.4, 0.5) is 5.69 Å². The van der Waals surface area contributed by atoms with Crippen LogP contribution >= 0.6 is 22.9 Å². The Morgan fingerprint density at radius 1 is 1.08 bits per heavy atom. The van der Waals surface area contributed by atoms with Gasteiger partial charge in [0, 0.05) is 16.6 Å². The van der Waals surface area contributed by atoms with Crippen molar-refractivity contribution in [3.63, 3.8) is 0 Å². The van der Waals surface area contributed by atoms with Crippen LogP contribution < -0.4 is 9.80 Å². The number of aromatic nitrogens is 1. The molecule has 3 aromatic rings. The van der Waals surface area contributed by atoms with Crippen molar-refractivity contribution in [2.45, 2.75) is 6.54 Å². The van der Waals surface area contributed by atoms with Gasteiger partial charge in [0.2, 0.25) is 0 Å². The largest absolute Gasteiger partial charge is 0.508 e. The quantitative estimate of drug-likeness (QED) is 0.724. The van der Waals surface area contributed by atoms with Gasteiger partial charge in [0.1, 0.15) is 23.0 Å². The molecule has 26 heavy (non-hydrogen) atoms. The minimum atomic E-state index is 0.316. The molecule has 2 heterocycles. The number of aromatic hydroxyl groups is 1. The van der Waals surface area contributed by atoms with E-state index in [9.17, 15) is 5.11 Å². The van der Waals surface area contributed by atoms with Crippen LogP contribution in [0, 0.1) is 0 Å². The summed E-state index contributed by atoms with van der Waals surface area (Å²) in [6.07, 6.45) is 0. The molecule has 2 N–H and O–H groups in total. The molecule has 2 aromatic carbocycles. The van der Waals surface area contributed by atoms with Crippen LogP contribution in [0.2, 0.25) is 5.02 Å². The standard InChI is InChI=1S/C20H20ClN3OS/c21-19-4-2-1-3-18(19)20-22-15(14-26-20)13-23-9-11-24(12-10-23)16-5-7-17(25)8-6-16/h1-8,14,25H,9-13H2/p+1. The molecule has 6 heteroatoms. The highest BCUT2D eigenvalue weighted by atomic mass is 35.5. The molecule has 0 radical (unpaired) electrons. The van der Waals surface area contributed by atoms with Gasteiger partial charge in [0.15, 0.2) is 0 Å². The van der Waals surface area contributed by atoms with E-state index in [4.69, 9.17) is 16.6 Å². The number of hydrogen-bond donors (Lipinski definition) is 2. The Morgan fingerprint density at radius 3 is 2.54 bits per heavy atom. The first-order chi connectivity index (χ1) is 12.7. The predicted octanol–water partition coefficient (Wildman–Crippen LogP) is 3.07. The van der Waals surface area contributed by atoms with Crippen LogP contribution in [0.1, 0.15) is 5.69 Å². The van der Waals surface area contributed by atoms with Crippen molar-refractivity contribution < 1.29 is 10.0 Å². The molecule has 1 fully saturated rings. The molecule has 0 aliphatic carbocycles. The van der Waals surface area contributed by atoms with Crippen LogP contribution in [0.25, 0.3) is 10.6 Å². The number of piperazine rings is 1. The van der Waals surface area contributed by atoms with E-state index in [1.807, 2.05) is 36.4 Å². The molecule has 4 rings (SSSR count). The number of phenols is 1. The Bertz CT molecular complexity index is 873. The Kier molecular flexibility index (Phi) is 5.11. The molecule has 1 aliphatic heterocycles. The Morgan fingerprint density at radius 2 is 1.81 bits per heavy atom. The van der Waals surface area contributed by atoms with Crippen molar-refractivity contribution in [3.05, 3.63) is 64.6 Å². The zero-order valence-corrected chi connectivity index (χ0v) is 15.9. The number of thiazole rings is 1. The SMILES string of the molecule is Oc1ccc(N2CC[NH+](Cc3csc(-c4ccccc4Cl)n3)CC2)cc1. The molecule has 4 nitrogen and oxygen atoms in total. The van der Waals surface area contributed by atoms with Crippen LogP contribution in [0.3, 0.4) is 0 Å². The molecule has 0 unspecified atom stereocenters. The van der Waals surface area contributed by atoms with Crippen LogP contribution in [-0.4, -0.2) is 36.3 Å². The average molecular weight is 387 g/mol. The molecule has 1 aliphatic rings. The van der Waals surface area contributed by atoms with E-state index in [1.165, 1.54) is 5.69 Å². The van der Waals surface area contributed by atoms with E-state index >= 15 is 0 Å². The summed E-state index contributed by atoms with van der Waals surface area (Å²) in [5, 5.41) is 13.3. The summed E-state index contributed by atoms with van der Waals surface area (Å²) in [6.45, 7) is 5.15. The highest BCUT2D eigenvalue weighted by molar-refractivity contribution is 7.13. The van der Waals surface area contributed by atoms with E-state index in [1.54, 1.807) is 28.4 Å². The summed E-state index contributed by atoms with van der Waals surface area (Å²) >= 11 is 7.95. The van der Waals surface area contributed by atoms with Gasteiger partial charge >= 0.3 is 0 Å². The zero-order chi connectivity index (χ0) is 17.9. The van der Waals surface area contributed by atoms with Gasteiger partial charge in [-0.15, -0.1) is 11.3 Å². The van der Waals surface area contributed by atoms with E-state index in [-0.39, 0.29) is 0 Å². The lowest BCUT2D eigenvalue weighted by Crippen LogP contribution is -3.13. The number of phenolic OH excluding ortho intramolecular Hbond substituents is 1. The molecule has 0 atom stereocenters. The summed E-state index contributed by atoms with van der Waals surface area (Å²) < 4.78 is 0. The molecule has 0 saturated carbocycles. The number of nitrogens with zero attached hydrogens (tertiary/aromatic N) is 2. The molecule has 0 spiro atoms. The number of rotatable bonds is 4. The van der Waals surface area contributed by atoms with Gasteiger partial charge in [-0.2, -0.15) is 0 Å². The van der Waals surface area contributed by atoms with Crippen molar-refractivity contribution in [1.82, 2.24) is 4.98 Å². The Balaban J connectivity index is 1.36. The van der Waals surface area contributed by atoms with Gasteiger partial charge in [-0.1, -0.05) is 29.8 Å². The normalized spacial score (nSPS) is 15.3. The average Bonchev–Trinajstić information content (AvgIpc) is 3.12. The van der Waals surface area contributed by atoms with Crippen LogP contribution in [0.5, 0.6) is 5.75 Å². The first kappa shape index (κ1) is 17.3. The highest BCUT2D eigenvalue weighted by Gasteiger charge is 2.21. The Hall–Kier alpha value is -2.08. The van der Waals surface area contributed by atoms with Crippen molar-refractivity contribution in [1.29, 1.82) is 0 Å². The van der Waals surface area contributed by atoms with Gasteiger partial charge in [0.25, 0.3) is 0 Å². The lowest BCUT2D eigenvalue weighted by atomic mass is 10.2. The first-order valence-corrected chi connectivity index (χ1v) is 10.0. The second-order valence-electron chi connectivity index (χ2n) is 6.55. The third kappa shape index (κ3) is 3.85. The monoisotopic (exact) mass is 386 g/mol. The van der Waals surface area contributed by atoms with Crippen LogP contribution in [-0.2, 0) is 6.54 Å².